The molecule has 178 valence electrons. The zero-order valence-electron chi connectivity index (χ0n) is 18.7. The Morgan fingerprint density at radius 2 is 1.74 bits per heavy atom. The van der Waals surface area contributed by atoms with Crippen LogP contribution >= 0.6 is 11.6 Å². The van der Waals surface area contributed by atoms with Crippen LogP contribution < -0.4 is 4.90 Å². The van der Waals surface area contributed by atoms with Crippen molar-refractivity contribution in [3.05, 3.63) is 87.8 Å². The van der Waals surface area contributed by atoms with E-state index in [1.54, 1.807) is 0 Å². The Balaban J connectivity index is 1.23. The van der Waals surface area contributed by atoms with Gasteiger partial charge >= 0.3 is 0 Å². The number of anilines is 1. The molecule has 0 unspecified atom stereocenters. The van der Waals surface area contributed by atoms with Crippen molar-refractivity contribution in [2.45, 2.75) is 38.5 Å². The van der Waals surface area contributed by atoms with Crippen LogP contribution in [0, 0.1) is 17.6 Å². The molecule has 8 heteroatoms. The number of piperidine rings is 1. The van der Waals surface area contributed by atoms with Gasteiger partial charge < -0.3 is 4.90 Å². The summed E-state index contributed by atoms with van der Waals surface area (Å²) in [6.45, 7) is 3.56. The topological polar surface area (TPSA) is 32.3 Å². The summed E-state index contributed by atoms with van der Waals surface area (Å²) >= 11 is 6.54. The summed E-state index contributed by atoms with van der Waals surface area (Å²) in [6.07, 6.45) is 0.380. The molecule has 0 N–H and O–H groups in total. The first-order valence-electron chi connectivity index (χ1n) is 11.6. The van der Waals surface area contributed by atoms with E-state index in [1.807, 2.05) is 23.1 Å². The molecule has 1 fully saturated rings. The molecule has 0 bridgehead atoms. The van der Waals surface area contributed by atoms with Gasteiger partial charge in [0, 0.05) is 50.8 Å². The molecular formula is C26H26ClF3N4. The van der Waals surface area contributed by atoms with E-state index in [0.29, 0.717) is 43.4 Å². The number of nitrogens with zero attached hydrogens (tertiary/aromatic N) is 4. The molecule has 0 saturated carbocycles. The highest BCUT2D eigenvalue weighted by Gasteiger charge is 2.31. The van der Waals surface area contributed by atoms with Crippen LogP contribution in [-0.4, -0.2) is 34.5 Å². The Hall–Kier alpha value is -2.64. The minimum absolute atomic E-state index is 0.0773. The van der Waals surface area contributed by atoms with E-state index in [9.17, 15) is 8.78 Å². The largest absolute Gasteiger partial charge is 0.354 e. The van der Waals surface area contributed by atoms with Crippen LogP contribution in [0.3, 0.4) is 0 Å². The Labute approximate surface area is 202 Å². The lowest BCUT2D eigenvalue weighted by Crippen LogP contribution is -2.37. The average molecular weight is 487 g/mol. The molecule has 0 radical (unpaired) electrons. The molecule has 1 aromatic heterocycles. The molecular weight excluding hydrogens is 461 g/mol. The molecule has 2 aliphatic rings. The zero-order valence-corrected chi connectivity index (χ0v) is 19.5. The number of benzene rings is 2. The highest BCUT2D eigenvalue weighted by atomic mass is 35.5. The fourth-order valence-corrected chi connectivity index (χ4v) is 5.18. The van der Waals surface area contributed by atoms with Gasteiger partial charge in [-0.25, -0.2) is 23.1 Å². The van der Waals surface area contributed by atoms with Gasteiger partial charge in [0.15, 0.2) is 11.0 Å². The molecule has 2 aromatic carbocycles. The fraction of sp³-hybridized carbons (Fsp3) is 0.385. The molecule has 3 heterocycles. The van der Waals surface area contributed by atoms with Crippen molar-refractivity contribution in [1.82, 2.24) is 14.9 Å². The lowest BCUT2D eigenvalue weighted by molar-refractivity contribution is 0.193. The number of hydrogen-bond donors (Lipinski definition) is 0. The van der Waals surface area contributed by atoms with Crippen LogP contribution in [-0.2, 0) is 19.5 Å². The van der Waals surface area contributed by atoms with Crippen LogP contribution in [0.4, 0.5) is 19.0 Å². The lowest BCUT2D eigenvalue weighted by Gasteiger charge is -2.35. The van der Waals surface area contributed by atoms with E-state index in [4.69, 9.17) is 16.6 Å². The number of hydrogen-bond acceptors (Lipinski definition) is 4. The van der Waals surface area contributed by atoms with Gasteiger partial charge in [-0.05, 0) is 30.4 Å². The van der Waals surface area contributed by atoms with Gasteiger partial charge in [0.1, 0.15) is 17.8 Å². The molecule has 0 amide bonds. The molecule has 34 heavy (non-hydrogen) atoms. The quantitative estimate of drug-likeness (QED) is 0.450. The van der Waals surface area contributed by atoms with E-state index in [-0.39, 0.29) is 11.5 Å². The minimum atomic E-state index is -1.47. The second kappa shape index (κ2) is 9.92. The van der Waals surface area contributed by atoms with Gasteiger partial charge in [0.25, 0.3) is 0 Å². The second-order valence-electron chi connectivity index (χ2n) is 9.07. The van der Waals surface area contributed by atoms with E-state index < -0.39 is 17.8 Å². The minimum Gasteiger partial charge on any atom is -0.354 e. The summed E-state index contributed by atoms with van der Waals surface area (Å²) in [4.78, 5) is 13.9. The van der Waals surface area contributed by atoms with E-state index in [1.165, 1.54) is 11.6 Å². The van der Waals surface area contributed by atoms with Crippen molar-refractivity contribution in [2.24, 2.45) is 5.92 Å². The van der Waals surface area contributed by atoms with E-state index in [0.717, 1.165) is 43.0 Å². The number of alkyl halides is 1. The van der Waals surface area contributed by atoms with Gasteiger partial charge in [0.2, 0.25) is 0 Å². The standard InChI is InChI=1S/C26H26ClF3N4/c27-25-26(32-22-10-11-33(16-23(22)31-25)15-17-4-2-1-3-5-17)34-12-8-18(9-13-34)24(30)20-7-6-19(28)14-21(20)29/h1-7,14,18,24H,8-13,15-16H2/t24-/m1/s1. The first-order valence-corrected chi connectivity index (χ1v) is 12.0. The van der Waals surface area contributed by atoms with Crippen molar-refractivity contribution in [3.8, 4) is 0 Å². The molecule has 1 saturated heterocycles. The van der Waals surface area contributed by atoms with Gasteiger partial charge in [-0.2, -0.15) is 0 Å². The normalized spacial score (nSPS) is 18.1. The maximum atomic E-state index is 15.0. The average Bonchev–Trinajstić information content (AvgIpc) is 2.84. The first-order chi connectivity index (χ1) is 16.5. The number of halogens is 4. The third-order valence-electron chi connectivity index (χ3n) is 6.79. The molecule has 5 rings (SSSR count). The predicted molar refractivity (Wildman–Crippen MR) is 126 cm³/mol. The molecule has 2 aliphatic heterocycles. The maximum Gasteiger partial charge on any atom is 0.171 e. The van der Waals surface area contributed by atoms with Gasteiger partial charge in [-0.1, -0.05) is 48.0 Å². The monoisotopic (exact) mass is 486 g/mol. The SMILES string of the molecule is Fc1ccc([C@H](F)C2CCN(c3nc4c(nc3Cl)CN(Cc3ccccc3)CC4)CC2)c(F)c1. The number of fused-ring (bicyclic) bond motifs is 1. The number of aromatic nitrogens is 2. The van der Waals surface area contributed by atoms with Crippen molar-refractivity contribution in [1.29, 1.82) is 0 Å². The van der Waals surface area contributed by atoms with E-state index >= 15 is 4.39 Å². The summed E-state index contributed by atoms with van der Waals surface area (Å²) < 4.78 is 42.2. The highest BCUT2D eigenvalue weighted by molar-refractivity contribution is 6.31. The smallest absolute Gasteiger partial charge is 0.171 e. The maximum absolute atomic E-state index is 15.0. The Morgan fingerprint density at radius 3 is 2.47 bits per heavy atom. The van der Waals surface area contributed by atoms with Crippen molar-refractivity contribution in [3.63, 3.8) is 0 Å². The Bertz CT molecular complexity index is 1150. The highest BCUT2D eigenvalue weighted by Crippen LogP contribution is 2.37. The van der Waals surface area contributed by atoms with Gasteiger partial charge in [-0.15, -0.1) is 0 Å². The second-order valence-corrected chi connectivity index (χ2v) is 9.43. The molecule has 0 spiro atoms. The Kier molecular flexibility index (Phi) is 6.75. The van der Waals surface area contributed by atoms with Crippen LogP contribution in [0.5, 0.6) is 0 Å². The summed E-state index contributed by atoms with van der Waals surface area (Å²) in [5, 5.41) is 0.361. The van der Waals surface area contributed by atoms with Crippen LogP contribution in [0.1, 0.15) is 41.5 Å². The molecule has 0 aliphatic carbocycles. The van der Waals surface area contributed by atoms with Gasteiger partial charge in [-0.3, -0.25) is 4.90 Å². The lowest BCUT2D eigenvalue weighted by atomic mass is 9.88. The Morgan fingerprint density at radius 1 is 0.971 bits per heavy atom. The molecule has 3 aromatic rings. The van der Waals surface area contributed by atoms with Gasteiger partial charge in [0.05, 0.1) is 11.4 Å². The summed E-state index contributed by atoms with van der Waals surface area (Å²) in [6, 6.07) is 13.4. The summed E-state index contributed by atoms with van der Waals surface area (Å²) in [7, 11) is 0. The zero-order chi connectivity index (χ0) is 23.7. The molecule has 4 nitrogen and oxygen atoms in total. The summed E-state index contributed by atoms with van der Waals surface area (Å²) in [5.74, 6) is -1.24. The third-order valence-corrected chi connectivity index (χ3v) is 7.04. The fourth-order valence-electron chi connectivity index (χ4n) is 4.91. The third kappa shape index (κ3) is 4.91. The van der Waals surface area contributed by atoms with Crippen LogP contribution in [0.25, 0.3) is 0 Å². The van der Waals surface area contributed by atoms with Crippen LogP contribution in [0.2, 0.25) is 5.15 Å². The molecule has 1 atom stereocenters. The first kappa shape index (κ1) is 23.1. The van der Waals surface area contributed by atoms with E-state index in [2.05, 4.69) is 22.0 Å². The predicted octanol–water partition coefficient (Wildman–Crippen LogP) is 5.89. The summed E-state index contributed by atoms with van der Waals surface area (Å²) in [5.41, 5.74) is 3.05. The van der Waals surface area contributed by atoms with Crippen molar-refractivity contribution >= 4 is 17.4 Å². The van der Waals surface area contributed by atoms with Crippen molar-refractivity contribution < 1.29 is 13.2 Å². The van der Waals surface area contributed by atoms with Crippen molar-refractivity contribution in [2.75, 3.05) is 24.5 Å². The number of rotatable bonds is 5. The van der Waals surface area contributed by atoms with Crippen LogP contribution in [0.15, 0.2) is 48.5 Å².